The van der Waals surface area contributed by atoms with Gasteiger partial charge in [0, 0.05) is 9.35 Å². The van der Waals surface area contributed by atoms with Crippen molar-refractivity contribution in [2.75, 3.05) is 7.05 Å². The molecule has 1 N–H and O–H groups in total. The van der Waals surface area contributed by atoms with E-state index in [-0.39, 0.29) is 6.04 Å². The maximum Gasteiger partial charge on any atom is 0.0961 e. The van der Waals surface area contributed by atoms with Crippen LogP contribution in [0.4, 0.5) is 0 Å². The Hall–Kier alpha value is -0.350. The fourth-order valence-corrected chi connectivity index (χ4v) is 3.78. The van der Waals surface area contributed by atoms with Gasteiger partial charge in [-0.05, 0) is 44.2 Å². The van der Waals surface area contributed by atoms with E-state index in [1.807, 2.05) is 14.0 Å². The molecule has 0 aliphatic rings. The van der Waals surface area contributed by atoms with Crippen LogP contribution in [0.2, 0.25) is 4.34 Å². The summed E-state index contributed by atoms with van der Waals surface area (Å²) >= 11 is 11.4. The van der Waals surface area contributed by atoms with Crippen LogP contribution >= 0.6 is 38.9 Å². The highest BCUT2D eigenvalue weighted by Gasteiger charge is 2.18. The van der Waals surface area contributed by atoms with Gasteiger partial charge in [-0.25, -0.2) is 0 Å². The summed E-state index contributed by atoms with van der Waals surface area (Å²) in [5.41, 5.74) is 3.64. The Kier molecular flexibility index (Phi) is 4.49. The SMILES string of the molecule is CNC(c1cc(C)c(Cl)s1)c1cc(C)ccc1Br. The number of halogens is 2. The third kappa shape index (κ3) is 2.80. The van der Waals surface area contributed by atoms with Crippen molar-refractivity contribution in [3.63, 3.8) is 0 Å². The number of nitrogens with one attached hydrogen (secondary N) is 1. The fourth-order valence-electron chi connectivity index (χ4n) is 1.96. The van der Waals surface area contributed by atoms with Crippen molar-refractivity contribution in [1.82, 2.24) is 5.32 Å². The van der Waals surface area contributed by atoms with Crippen molar-refractivity contribution >= 4 is 38.9 Å². The van der Waals surface area contributed by atoms with Gasteiger partial charge in [0.15, 0.2) is 0 Å². The van der Waals surface area contributed by atoms with Crippen LogP contribution < -0.4 is 5.32 Å². The zero-order valence-electron chi connectivity index (χ0n) is 10.6. The zero-order chi connectivity index (χ0) is 13.3. The molecule has 96 valence electrons. The fraction of sp³-hybridized carbons (Fsp3) is 0.286. The first kappa shape index (κ1) is 14.1. The van der Waals surface area contributed by atoms with Gasteiger partial charge in [0.25, 0.3) is 0 Å². The molecule has 0 aliphatic heterocycles. The van der Waals surface area contributed by atoms with Crippen LogP contribution in [0.25, 0.3) is 0 Å². The lowest BCUT2D eigenvalue weighted by Gasteiger charge is -2.17. The third-order valence-electron chi connectivity index (χ3n) is 2.91. The van der Waals surface area contributed by atoms with Crippen molar-refractivity contribution in [3.05, 3.63) is 54.6 Å². The smallest absolute Gasteiger partial charge is 0.0961 e. The second-order valence-corrected chi connectivity index (χ2v) is 6.89. The van der Waals surface area contributed by atoms with E-state index in [9.17, 15) is 0 Å². The zero-order valence-corrected chi connectivity index (χ0v) is 13.7. The molecule has 1 nitrogen and oxygen atoms in total. The van der Waals surface area contributed by atoms with Gasteiger partial charge >= 0.3 is 0 Å². The topological polar surface area (TPSA) is 12.0 Å². The number of hydrogen-bond acceptors (Lipinski definition) is 2. The first-order valence-electron chi connectivity index (χ1n) is 5.72. The first-order valence-corrected chi connectivity index (χ1v) is 7.71. The monoisotopic (exact) mass is 343 g/mol. The minimum atomic E-state index is 0.176. The van der Waals surface area contributed by atoms with Gasteiger partial charge in [-0.3, -0.25) is 0 Å². The molecule has 2 aromatic rings. The standard InChI is InChI=1S/C14H15BrClNS/c1-8-4-5-11(15)10(6-8)13(17-3)12-7-9(2)14(16)18-12/h4-7,13,17H,1-3H3. The summed E-state index contributed by atoms with van der Waals surface area (Å²) < 4.78 is 1.99. The molecule has 0 saturated heterocycles. The second kappa shape index (κ2) is 5.74. The van der Waals surface area contributed by atoms with Crippen molar-refractivity contribution in [1.29, 1.82) is 0 Å². The largest absolute Gasteiger partial charge is 0.309 e. The van der Waals surface area contributed by atoms with Crippen molar-refractivity contribution < 1.29 is 0 Å². The van der Waals surface area contributed by atoms with Gasteiger partial charge in [0.2, 0.25) is 0 Å². The maximum absolute atomic E-state index is 6.17. The summed E-state index contributed by atoms with van der Waals surface area (Å²) in [6, 6.07) is 8.73. The van der Waals surface area contributed by atoms with Gasteiger partial charge in [0.1, 0.15) is 0 Å². The van der Waals surface area contributed by atoms with E-state index in [0.717, 1.165) is 14.4 Å². The molecule has 1 atom stereocenters. The summed E-state index contributed by atoms with van der Waals surface area (Å²) in [4.78, 5) is 1.24. The number of benzene rings is 1. The van der Waals surface area contributed by atoms with Crippen LogP contribution in [0.15, 0.2) is 28.7 Å². The second-order valence-electron chi connectivity index (χ2n) is 4.35. The molecular formula is C14H15BrClNS. The predicted octanol–water partition coefficient (Wildman–Crippen LogP) is 5.09. The summed E-state index contributed by atoms with van der Waals surface area (Å²) in [5.74, 6) is 0. The van der Waals surface area contributed by atoms with E-state index in [4.69, 9.17) is 11.6 Å². The third-order valence-corrected chi connectivity index (χ3v) is 5.25. The Morgan fingerprint density at radius 3 is 2.56 bits per heavy atom. The van der Waals surface area contributed by atoms with E-state index in [1.54, 1.807) is 11.3 Å². The Labute approximate surface area is 125 Å². The van der Waals surface area contributed by atoms with Crippen molar-refractivity contribution in [2.24, 2.45) is 0 Å². The molecule has 0 saturated carbocycles. The Balaban J connectivity index is 2.48. The summed E-state index contributed by atoms with van der Waals surface area (Å²) in [6.45, 7) is 4.15. The number of aryl methyl sites for hydroxylation is 2. The van der Waals surface area contributed by atoms with Gasteiger partial charge in [-0.1, -0.05) is 45.2 Å². The van der Waals surface area contributed by atoms with Gasteiger partial charge < -0.3 is 5.32 Å². The Morgan fingerprint density at radius 1 is 1.28 bits per heavy atom. The van der Waals surface area contributed by atoms with Gasteiger partial charge in [-0.15, -0.1) is 11.3 Å². The molecule has 0 radical (unpaired) electrons. The van der Waals surface area contributed by atoms with Crippen LogP contribution in [0.1, 0.15) is 27.6 Å². The van der Waals surface area contributed by atoms with E-state index < -0.39 is 0 Å². The van der Waals surface area contributed by atoms with Gasteiger partial charge in [0.05, 0.1) is 10.4 Å². The molecule has 0 amide bonds. The highest BCUT2D eigenvalue weighted by Crippen LogP contribution is 2.36. The molecule has 0 aliphatic carbocycles. The van der Waals surface area contributed by atoms with Crippen LogP contribution in [-0.2, 0) is 0 Å². The lowest BCUT2D eigenvalue weighted by atomic mass is 10.0. The summed E-state index contributed by atoms with van der Waals surface area (Å²) in [6.07, 6.45) is 0. The van der Waals surface area contributed by atoms with Crippen LogP contribution in [0.3, 0.4) is 0 Å². The maximum atomic E-state index is 6.17. The van der Waals surface area contributed by atoms with E-state index in [2.05, 4.69) is 52.4 Å². The molecule has 18 heavy (non-hydrogen) atoms. The minimum Gasteiger partial charge on any atom is -0.309 e. The lowest BCUT2D eigenvalue weighted by Crippen LogP contribution is -2.17. The number of thiophene rings is 1. The predicted molar refractivity (Wildman–Crippen MR) is 83.8 cm³/mol. The van der Waals surface area contributed by atoms with Crippen molar-refractivity contribution in [3.8, 4) is 0 Å². The Morgan fingerprint density at radius 2 is 2.00 bits per heavy atom. The lowest BCUT2D eigenvalue weighted by molar-refractivity contribution is 0.700. The molecule has 0 bridgehead atoms. The average Bonchev–Trinajstić information content (AvgIpc) is 2.65. The molecule has 1 heterocycles. The summed E-state index contributed by atoms with van der Waals surface area (Å²) in [7, 11) is 1.97. The van der Waals surface area contributed by atoms with Gasteiger partial charge in [-0.2, -0.15) is 0 Å². The van der Waals surface area contributed by atoms with Crippen molar-refractivity contribution in [2.45, 2.75) is 19.9 Å². The molecule has 1 aromatic heterocycles. The molecule has 0 fully saturated rings. The molecular weight excluding hydrogens is 330 g/mol. The minimum absolute atomic E-state index is 0.176. The normalized spacial score (nSPS) is 12.7. The molecule has 0 spiro atoms. The molecule has 1 unspecified atom stereocenters. The average molecular weight is 345 g/mol. The molecule has 4 heteroatoms. The number of hydrogen-bond donors (Lipinski definition) is 1. The molecule has 2 rings (SSSR count). The van der Waals surface area contributed by atoms with Crippen LogP contribution in [0.5, 0.6) is 0 Å². The Bertz CT molecular complexity index is 545. The van der Waals surface area contributed by atoms with Crippen LogP contribution in [0, 0.1) is 13.8 Å². The molecule has 1 aromatic carbocycles. The summed E-state index contributed by atoms with van der Waals surface area (Å²) in [5, 5.41) is 3.37. The van der Waals surface area contributed by atoms with E-state index in [1.165, 1.54) is 16.0 Å². The first-order chi connectivity index (χ1) is 8.52. The van der Waals surface area contributed by atoms with E-state index >= 15 is 0 Å². The van der Waals surface area contributed by atoms with Crippen LogP contribution in [-0.4, -0.2) is 7.05 Å². The highest BCUT2D eigenvalue weighted by molar-refractivity contribution is 9.10. The highest BCUT2D eigenvalue weighted by atomic mass is 79.9. The number of rotatable bonds is 3. The quantitative estimate of drug-likeness (QED) is 0.818. The van der Waals surface area contributed by atoms with E-state index in [0.29, 0.717) is 0 Å².